The first-order chi connectivity index (χ1) is 9.67. The van der Waals surface area contributed by atoms with Crippen molar-refractivity contribution in [1.29, 1.82) is 0 Å². The van der Waals surface area contributed by atoms with Crippen LogP contribution in [0.5, 0.6) is 0 Å². The normalized spacial score (nSPS) is 10.5. The third kappa shape index (κ3) is 3.02. The number of nitrogen functional groups attached to an aromatic ring is 1. The monoisotopic (exact) mass is 289 g/mol. The summed E-state index contributed by atoms with van der Waals surface area (Å²) in [7, 11) is 0. The van der Waals surface area contributed by atoms with Gasteiger partial charge < -0.3 is 10.5 Å². The third-order valence-electron chi connectivity index (χ3n) is 3.10. The minimum atomic E-state index is -0.312. The second-order valence-electron chi connectivity index (χ2n) is 4.56. The summed E-state index contributed by atoms with van der Waals surface area (Å²) >= 11 is 1.37. The first-order valence-electron chi connectivity index (χ1n) is 6.80. The zero-order valence-electron chi connectivity index (χ0n) is 11.8. The number of thiophene rings is 1. The number of aryl methyl sites for hydroxylation is 1. The van der Waals surface area contributed by atoms with Crippen molar-refractivity contribution in [3.63, 3.8) is 0 Å². The van der Waals surface area contributed by atoms with Crippen LogP contribution in [0.4, 0.5) is 5.00 Å². The van der Waals surface area contributed by atoms with E-state index in [1.807, 2.05) is 12.1 Å². The van der Waals surface area contributed by atoms with E-state index in [0.717, 1.165) is 24.0 Å². The fourth-order valence-electron chi connectivity index (χ4n) is 2.16. The molecule has 0 amide bonds. The van der Waals surface area contributed by atoms with Gasteiger partial charge in [-0.15, -0.1) is 11.3 Å². The molecule has 106 valence electrons. The molecule has 0 fully saturated rings. The van der Waals surface area contributed by atoms with Crippen LogP contribution < -0.4 is 5.73 Å². The highest BCUT2D eigenvalue weighted by Gasteiger charge is 2.18. The molecule has 0 atom stereocenters. The van der Waals surface area contributed by atoms with E-state index in [0.29, 0.717) is 17.2 Å². The lowest BCUT2D eigenvalue weighted by molar-refractivity contribution is 0.0528. The number of anilines is 1. The van der Waals surface area contributed by atoms with E-state index in [9.17, 15) is 4.79 Å². The second-order valence-corrected chi connectivity index (χ2v) is 5.47. The maximum atomic E-state index is 12.0. The molecule has 2 N–H and O–H groups in total. The van der Waals surface area contributed by atoms with Gasteiger partial charge in [-0.3, -0.25) is 0 Å². The van der Waals surface area contributed by atoms with Crippen molar-refractivity contribution in [2.75, 3.05) is 12.3 Å². The van der Waals surface area contributed by atoms with Crippen molar-refractivity contribution in [1.82, 2.24) is 0 Å². The van der Waals surface area contributed by atoms with Crippen molar-refractivity contribution in [3.8, 4) is 11.1 Å². The number of carbonyl (C=O) groups is 1. The topological polar surface area (TPSA) is 52.3 Å². The van der Waals surface area contributed by atoms with E-state index >= 15 is 0 Å². The number of hydrogen-bond donors (Lipinski definition) is 1. The Bertz CT molecular complexity index is 587. The molecule has 0 saturated carbocycles. The summed E-state index contributed by atoms with van der Waals surface area (Å²) in [6, 6.07) is 8.22. The Balaban J connectivity index is 2.36. The molecule has 2 rings (SSSR count). The highest BCUT2D eigenvalue weighted by atomic mass is 32.1. The Morgan fingerprint density at radius 1 is 1.25 bits per heavy atom. The average molecular weight is 289 g/mol. The lowest BCUT2D eigenvalue weighted by atomic mass is 10.0. The van der Waals surface area contributed by atoms with Gasteiger partial charge in [0.1, 0.15) is 0 Å². The van der Waals surface area contributed by atoms with Crippen molar-refractivity contribution >= 4 is 22.3 Å². The Kier molecular flexibility index (Phi) is 4.79. The number of ether oxygens (including phenoxy) is 1. The maximum absolute atomic E-state index is 12.0. The Morgan fingerprint density at radius 3 is 2.55 bits per heavy atom. The van der Waals surface area contributed by atoms with Gasteiger partial charge >= 0.3 is 5.97 Å². The van der Waals surface area contributed by atoms with Gasteiger partial charge in [0.15, 0.2) is 0 Å². The second kappa shape index (κ2) is 6.57. The Hall–Kier alpha value is -1.81. The summed E-state index contributed by atoms with van der Waals surface area (Å²) in [6.45, 7) is 4.32. The lowest BCUT2D eigenvalue weighted by Gasteiger charge is -2.07. The molecule has 4 heteroatoms. The summed E-state index contributed by atoms with van der Waals surface area (Å²) in [5, 5.41) is 2.42. The fourth-order valence-corrected chi connectivity index (χ4v) is 2.96. The largest absolute Gasteiger partial charge is 0.462 e. The van der Waals surface area contributed by atoms with E-state index < -0.39 is 0 Å². The smallest absolute Gasteiger partial charge is 0.339 e. The predicted molar refractivity (Wildman–Crippen MR) is 84.1 cm³/mol. The number of hydrogen-bond acceptors (Lipinski definition) is 4. The fraction of sp³-hybridized carbons (Fsp3) is 0.312. The van der Waals surface area contributed by atoms with Gasteiger partial charge in [0, 0.05) is 10.9 Å². The van der Waals surface area contributed by atoms with E-state index in [1.165, 1.54) is 16.9 Å². The maximum Gasteiger partial charge on any atom is 0.339 e. The van der Waals surface area contributed by atoms with Crippen LogP contribution in [0.25, 0.3) is 11.1 Å². The van der Waals surface area contributed by atoms with E-state index in [1.54, 1.807) is 12.3 Å². The highest BCUT2D eigenvalue weighted by Crippen LogP contribution is 2.35. The minimum absolute atomic E-state index is 0.312. The van der Waals surface area contributed by atoms with E-state index in [-0.39, 0.29) is 5.97 Å². The van der Waals surface area contributed by atoms with Gasteiger partial charge in [-0.1, -0.05) is 37.6 Å². The van der Waals surface area contributed by atoms with Crippen molar-refractivity contribution in [3.05, 3.63) is 40.8 Å². The molecular formula is C16H19NO2S. The van der Waals surface area contributed by atoms with Gasteiger partial charge in [-0.25, -0.2) is 4.79 Å². The molecule has 1 aromatic heterocycles. The first-order valence-corrected chi connectivity index (χ1v) is 7.68. The standard InChI is InChI=1S/C16H19NO2S/c1-3-5-11-6-8-12(9-7-11)14-13(10-20-15(14)17)16(18)19-4-2/h6-10H,3-5,17H2,1-2H3. The summed E-state index contributed by atoms with van der Waals surface area (Å²) < 4.78 is 5.08. The zero-order valence-corrected chi connectivity index (χ0v) is 12.6. The van der Waals surface area contributed by atoms with E-state index in [4.69, 9.17) is 10.5 Å². The van der Waals surface area contributed by atoms with Crippen LogP contribution in [0.15, 0.2) is 29.6 Å². The van der Waals surface area contributed by atoms with Gasteiger partial charge in [0.05, 0.1) is 17.2 Å². The number of benzene rings is 1. The third-order valence-corrected chi connectivity index (χ3v) is 3.91. The summed E-state index contributed by atoms with van der Waals surface area (Å²) in [5.41, 5.74) is 9.62. The molecule has 0 aliphatic carbocycles. The molecule has 0 aliphatic rings. The van der Waals surface area contributed by atoms with Crippen LogP contribution in [0.2, 0.25) is 0 Å². The van der Waals surface area contributed by atoms with Gasteiger partial charge in [-0.2, -0.15) is 0 Å². The molecule has 2 aromatic rings. The molecule has 0 spiro atoms. The summed E-state index contributed by atoms with van der Waals surface area (Å²) in [6.07, 6.45) is 2.18. The lowest BCUT2D eigenvalue weighted by Crippen LogP contribution is -2.05. The Morgan fingerprint density at radius 2 is 1.95 bits per heavy atom. The van der Waals surface area contributed by atoms with Crippen LogP contribution in [0.1, 0.15) is 36.2 Å². The number of esters is 1. The molecule has 1 aromatic carbocycles. The number of rotatable bonds is 5. The molecule has 3 nitrogen and oxygen atoms in total. The summed E-state index contributed by atoms with van der Waals surface area (Å²) in [4.78, 5) is 12.0. The average Bonchev–Trinajstić information content (AvgIpc) is 2.82. The molecule has 0 aliphatic heterocycles. The van der Waals surface area contributed by atoms with Crippen LogP contribution in [-0.2, 0) is 11.2 Å². The molecule has 0 radical (unpaired) electrons. The predicted octanol–water partition coefficient (Wildman–Crippen LogP) is 4.13. The molecule has 0 unspecified atom stereocenters. The number of carbonyl (C=O) groups excluding carboxylic acids is 1. The van der Waals surface area contributed by atoms with Gasteiger partial charge in [-0.05, 0) is 24.5 Å². The van der Waals surface area contributed by atoms with Crippen LogP contribution in [0.3, 0.4) is 0 Å². The minimum Gasteiger partial charge on any atom is -0.462 e. The SMILES string of the molecule is CCCc1ccc(-c2c(C(=O)OCC)csc2N)cc1. The van der Waals surface area contributed by atoms with Gasteiger partial charge in [0.2, 0.25) is 0 Å². The Labute approximate surface area is 123 Å². The molecule has 0 saturated heterocycles. The molecule has 1 heterocycles. The van der Waals surface area contributed by atoms with Crippen LogP contribution in [0, 0.1) is 0 Å². The first kappa shape index (κ1) is 14.6. The van der Waals surface area contributed by atoms with Gasteiger partial charge in [0.25, 0.3) is 0 Å². The van der Waals surface area contributed by atoms with Crippen molar-refractivity contribution < 1.29 is 9.53 Å². The van der Waals surface area contributed by atoms with Crippen LogP contribution >= 0.6 is 11.3 Å². The molecular weight excluding hydrogens is 270 g/mol. The summed E-state index contributed by atoms with van der Waals surface area (Å²) in [5.74, 6) is -0.312. The van der Waals surface area contributed by atoms with Crippen molar-refractivity contribution in [2.45, 2.75) is 26.7 Å². The number of nitrogens with two attached hydrogens (primary N) is 1. The highest BCUT2D eigenvalue weighted by molar-refractivity contribution is 7.15. The van der Waals surface area contributed by atoms with Crippen LogP contribution in [-0.4, -0.2) is 12.6 Å². The van der Waals surface area contributed by atoms with Crippen molar-refractivity contribution in [2.24, 2.45) is 0 Å². The van der Waals surface area contributed by atoms with E-state index in [2.05, 4.69) is 19.1 Å². The molecule has 0 bridgehead atoms. The zero-order chi connectivity index (χ0) is 14.5. The molecule has 20 heavy (non-hydrogen) atoms. The quantitative estimate of drug-likeness (QED) is 0.842.